The molecule has 1 fully saturated rings. The summed E-state index contributed by atoms with van der Waals surface area (Å²) in [4.78, 5) is 0. The summed E-state index contributed by atoms with van der Waals surface area (Å²) in [6.07, 6.45) is 6.24. The fourth-order valence-electron chi connectivity index (χ4n) is 1.35. The van der Waals surface area contributed by atoms with Gasteiger partial charge in [-0.25, -0.2) is 0 Å². The first-order valence-electron chi connectivity index (χ1n) is 4.39. The van der Waals surface area contributed by atoms with E-state index in [0.717, 1.165) is 24.6 Å². The molecule has 1 saturated carbocycles. The number of nitrogens with one attached hydrogen (secondary N) is 1. The summed E-state index contributed by atoms with van der Waals surface area (Å²) in [5.41, 5.74) is 2.85. The molecule has 3 N–H and O–H groups in total. The average molecular weight is 177 g/mol. The Labute approximate surface area is 73.5 Å². The van der Waals surface area contributed by atoms with Gasteiger partial charge in [-0.05, 0) is 25.2 Å². The highest BCUT2D eigenvalue weighted by Crippen LogP contribution is 2.34. The molecule has 0 heterocycles. The molecule has 0 amide bonds. The Morgan fingerprint density at radius 1 is 1.55 bits per heavy atom. The number of hydrogen-bond acceptors (Lipinski definition) is 2. The van der Waals surface area contributed by atoms with E-state index in [9.17, 15) is 0 Å². The maximum Gasteiger partial charge on any atom is 0.0224 e. The number of rotatable bonds is 6. The number of hydrogen-bond donors (Lipinski definition) is 2. The topological polar surface area (TPSA) is 38.0 Å². The van der Waals surface area contributed by atoms with E-state index in [2.05, 4.69) is 5.43 Å². The third-order valence-corrected chi connectivity index (χ3v) is 2.50. The molecule has 0 radical (unpaired) electrons. The number of alkyl halides is 1. The van der Waals surface area contributed by atoms with Crippen LogP contribution in [0, 0.1) is 5.92 Å². The molecule has 0 spiro atoms. The van der Waals surface area contributed by atoms with E-state index in [4.69, 9.17) is 17.4 Å². The van der Waals surface area contributed by atoms with Gasteiger partial charge in [0.15, 0.2) is 0 Å². The minimum Gasteiger partial charge on any atom is -0.271 e. The lowest BCUT2D eigenvalue weighted by Crippen LogP contribution is -2.35. The lowest BCUT2D eigenvalue weighted by molar-refractivity contribution is 0.438. The SMILES string of the molecule is NNC(CCCCl)CC1CC1. The summed E-state index contributed by atoms with van der Waals surface area (Å²) in [7, 11) is 0. The number of nitrogens with two attached hydrogens (primary N) is 1. The highest BCUT2D eigenvalue weighted by Gasteiger charge is 2.24. The van der Waals surface area contributed by atoms with Gasteiger partial charge < -0.3 is 0 Å². The summed E-state index contributed by atoms with van der Waals surface area (Å²) in [5.74, 6) is 7.10. The second kappa shape index (κ2) is 4.96. The van der Waals surface area contributed by atoms with Gasteiger partial charge in [-0.15, -0.1) is 11.6 Å². The Kier molecular flexibility index (Phi) is 4.20. The van der Waals surface area contributed by atoms with Crippen LogP contribution in [0.2, 0.25) is 0 Å². The second-order valence-corrected chi connectivity index (χ2v) is 3.75. The van der Waals surface area contributed by atoms with Crippen LogP contribution >= 0.6 is 11.6 Å². The van der Waals surface area contributed by atoms with Crippen molar-refractivity contribution in [3.63, 3.8) is 0 Å². The lowest BCUT2D eigenvalue weighted by atomic mass is 10.1. The largest absolute Gasteiger partial charge is 0.271 e. The van der Waals surface area contributed by atoms with E-state index < -0.39 is 0 Å². The van der Waals surface area contributed by atoms with Crippen LogP contribution in [-0.4, -0.2) is 11.9 Å². The molecule has 0 aliphatic heterocycles. The molecule has 2 nitrogen and oxygen atoms in total. The minimum atomic E-state index is 0.501. The summed E-state index contributed by atoms with van der Waals surface area (Å²) >= 11 is 5.59. The number of halogens is 1. The fraction of sp³-hybridized carbons (Fsp3) is 1.00. The second-order valence-electron chi connectivity index (χ2n) is 3.37. The predicted molar refractivity (Wildman–Crippen MR) is 48.4 cm³/mol. The van der Waals surface area contributed by atoms with Gasteiger partial charge in [-0.3, -0.25) is 11.3 Å². The van der Waals surface area contributed by atoms with E-state index >= 15 is 0 Å². The molecule has 0 bridgehead atoms. The molecule has 11 heavy (non-hydrogen) atoms. The molecule has 0 saturated heterocycles. The molecule has 1 atom stereocenters. The van der Waals surface area contributed by atoms with Crippen molar-refractivity contribution >= 4 is 11.6 Å². The van der Waals surface area contributed by atoms with Crippen LogP contribution in [0.5, 0.6) is 0 Å². The smallest absolute Gasteiger partial charge is 0.0224 e. The van der Waals surface area contributed by atoms with Gasteiger partial charge in [0.25, 0.3) is 0 Å². The molecule has 0 aromatic rings. The molecule has 1 aliphatic carbocycles. The molecule has 3 heteroatoms. The van der Waals surface area contributed by atoms with Crippen LogP contribution in [0.1, 0.15) is 32.1 Å². The first kappa shape index (κ1) is 9.30. The first-order valence-corrected chi connectivity index (χ1v) is 4.92. The van der Waals surface area contributed by atoms with Crippen molar-refractivity contribution in [3.8, 4) is 0 Å². The van der Waals surface area contributed by atoms with Crippen LogP contribution in [0.25, 0.3) is 0 Å². The fourth-order valence-corrected chi connectivity index (χ4v) is 1.50. The monoisotopic (exact) mass is 176 g/mol. The third kappa shape index (κ3) is 3.94. The van der Waals surface area contributed by atoms with Gasteiger partial charge >= 0.3 is 0 Å². The zero-order valence-electron chi connectivity index (χ0n) is 6.85. The minimum absolute atomic E-state index is 0.501. The van der Waals surface area contributed by atoms with E-state index in [1.165, 1.54) is 19.3 Å². The van der Waals surface area contributed by atoms with Crippen LogP contribution in [0.4, 0.5) is 0 Å². The summed E-state index contributed by atoms with van der Waals surface area (Å²) < 4.78 is 0. The van der Waals surface area contributed by atoms with Crippen LogP contribution < -0.4 is 11.3 Å². The summed E-state index contributed by atoms with van der Waals surface area (Å²) in [6, 6.07) is 0.501. The Morgan fingerprint density at radius 2 is 2.27 bits per heavy atom. The van der Waals surface area contributed by atoms with Crippen LogP contribution in [-0.2, 0) is 0 Å². The van der Waals surface area contributed by atoms with E-state index in [1.54, 1.807) is 0 Å². The van der Waals surface area contributed by atoms with Crippen molar-refractivity contribution in [1.82, 2.24) is 5.43 Å². The molecular weight excluding hydrogens is 160 g/mol. The van der Waals surface area contributed by atoms with Crippen molar-refractivity contribution in [2.75, 3.05) is 5.88 Å². The quantitative estimate of drug-likeness (QED) is 0.367. The third-order valence-electron chi connectivity index (χ3n) is 2.24. The Balaban J connectivity index is 2.02. The maximum absolute atomic E-state index is 5.59. The van der Waals surface area contributed by atoms with Crippen LogP contribution in [0.3, 0.4) is 0 Å². The van der Waals surface area contributed by atoms with Gasteiger partial charge in [0, 0.05) is 11.9 Å². The van der Waals surface area contributed by atoms with Crippen molar-refractivity contribution in [1.29, 1.82) is 0 Å². The Morgan fingerprint density at radius 3 is 2.73 bits per heavy atom. The zero-order valence-corrected chi connectivity index (χ0v) is 7.61. The standard InChI is InChI=1S/C8H17ClN2/c9-5-1-2-8(11-10)6-7-3-4-7/h7-8,11H,1-6,10H2. The molecule has 0 aromatic heterocycles. The number of hydrazine groups is 1. The van der Waals surface area contributed by atoms with E-state index in [0.29, 0.717) is 6.04 Å². The Bertz CT molecular complexity index is 104. The van der Waals surface area contributed by atoms with E-state index in [1.807, 2.05) is 0 Å². The van der Waals surface area contributed by atoms with Gasteiger partial charge in [-0.2, -0.15) is 0 Å². The van der Waals surface area contributed by atoms with Gasteiger partial charge in [-0.1, -0.05) is 12.8 Å². The average Bonchev–Trinajstić information content (AvgIpc) is 2.81. The van der Waals surface area contributed by atoms with Crippen molar-refractivity contribution < 1.29 is 0 Å². The van der Waals surface area contributed by atoms with E-state index in [-0.39, 0.29) is 0 Å². The molecule has 1 aliphatic rings. The molecule has 0 aromatic carbocycles. The Hall–Kier alpha value is 0.210. The lowest BCUT2D eigenvalue weighted by Gasteiger charge is -2.13. The highest BCUT2D eigenvalue weighted by molar-refractivity contribution is 6.17. The predicted octanol–water partition coefficient (Wildman–Crippen LogP) is 1.64. The summed E-state index contributed by atoms with van der Waals surface area (Å²) in [6.45, 7) is 0. The van der Waals surface area contributed by atoms with Gasteiger partial charge in [0.1, 0.15) is 0 Å². The first-order chi connectivity index (χ1) is 5.36. The normalized spacial score (nSPS) is 20.2. The van der Waals surface area contributed by atoms with Crippen molar-refractivity contribution in [2.45, 2.75) is 38.1 Å². The molecule has 1 unspecified atom stereocenters. The highest BCUT2D eigenvalue weighted by atomic mass is 35.5. The van der Waals surface area contributed by atoms with Crippen molar-refractivity contribution in [3.05, 3.63) is 0 Å². The molecule has 66 valence electrons. The molecule has 1 rings (SSSR count). The van der Waals surface area contributed by atoms with Crippen LogP contribution in [0.15, 0.2) is 0 Å². The molecular formula is C8H17ClN2. The van der Waals surface area contributed by atoms with Gasteiger partial charge in [0.2, 0.25) is 0 Å². The van der Waals surface area contributed by atoms with Crippen molar-refractivity contribution in [2.24, 2.45) is 11.8 Å². The maximum atomic E-state index is 5.59. The summed E-state index contributed by atoms with van der Waals surface area (Å²) in [5, 5.41) is 0. The zero-order chi connectivity index (χ0) is 8.10. The van der Waals surface area contributed by atoms with Gasteiger partial charge in [0.05, 0.1) is 0 Å².